The third-order valence-electron chi connectivity index (χ3n) is 5.38. The molecule has 3 atom stereocenters. The quantitative estimate of drug-likeness (QED) is 0.708. The summed E-state index contributed by atoms with van der Waals surface area (Å²) in [4.78, 5) is 2.55. The Morgan fingerprint density at radius 1 is 1.21 bits per heavy atom. The maximum atomic E-state index is 9.44. The Morgan fingerprint density at radius 3 is 2.37 bits per heavy atom. The summed E-state index contributed by atoms with van der Waals surface area (Å²) in [6.45, 7) is 13.8. The van der Waals surface area contributed by atoms with E-state index in [0.29, 0.717) is 11.5 Å². The van der Waals surface area contributed by atoms with Crippen molar-refractivity contribution in [2.24, 2.45) is 17.3 Å². The molecule has 1 saturated carbocycles. The maximum Gasteiger partial charge on any atom is 0.0672 e. The van der Waals surface area contributed by atoms with Crippen LogP contribution in [0.15, 0.2) is 0 Å². The lowest BCUT2D eigenvalue weighted by molar-refractivity contribution is 0.0542. The lowest BCUT2D eigenvalue weighted by Gasteiger charge is -2.45. The predicted octanol–water partition coefficient (Wildman–Crippen LogP) is 4.46. The van der Waals surface area contributed by atoms with Crippen LogP contribution in [0.2, 0.25) is 0 Å². The molecule has 0 spiro atoms. The first-order valence-corrected chi connectivity index (χ1v) is 8.13. The standard InChI is InChI=1S/C17H32N2/c1-6-11-19(8-3)16-12-15(17(4,5)7-2)10-9-14(16)13-18/h14-16H,6-12H2,1-5H3. The minimum atomic E-state index is 0.246. The second-order valence-electron chi connectivity index (χ2n) is 6.78. The largest absolute Gasteiger partial charge is 0.299 e. The second kappa shape index (κ2) is 7.29. The fourth-order valence-electron chi connectivity index (χ4n) is 3.54. The topological polar surface area (TPSA) is 27.0 Å². The normalized spacial score (nSPS) is 28.4. The summed E-state index contributed by atoms with van der Waals surface area (Å²) < 4.78 is 0. The molecule has 1 aliphatic carbocycles. The molecule has 0 saturated heterocycles. The van der Waals surface area contributed by atoms with Gasteiger partial charge in [-0.25, -0.2) is 0 Å². The van der Waals surface area contributed by atoms with E-state index in [1.165, 1.54) is 25.7 Å². The van der Waals surface area contributed by atoms with E-state index in [1.54, 1.807) is 0 Å². The van der Waals surface area contributed by atoms with E-state index in [9.17, 15) is 5.26 Å². The molecular formula is C17H32N2. The Hall–Kier alpha value is -0.550. The van der Waals surface area contributed by atoms with E-state index >= 15 is 0 Å². The first-order chi connectivity index (χ1) is 9.00. The van der Waals surface area contributed by atoms with E-state index in [0.717, 1.165) is 25.4 Å². The lowest BCUT2D eigenvalue weighted by atomic mass is 9.66. The zero-order valence-electron chi connectivity index (χ0n) is 13.6. The predicted molar refractivity (Wildman–Crippen MR) is 81.8 cm³/mol. The molecule has 1 aliphatic rings. The van der Waals surface area contributed by atoms with Crippen LogP contribution in [-0.4, -0.2) is 24.0 Å². The Labute approximate surface area is 120 Å². The van der Waals surface area contributed by atoms with Crippen molar-refractivity contribution >= 4 is 0 Å². The molecule has 0 heterocycles. The van der Waals surface area contributed by atoms with Crippen LogP contribution in [-0.2, 0) is 0 Å². The molecule has 2 nitrogen and oxygen atoms in total. The highest BCUT2D eigenvalue weighted by molar-refractivity contribution is 4.99. The molecule has 0 aliphatic heterocycles. The molecule has 0 bridgehead atoms. The molecule has 3 unspecified atom stereocenters. The average Bonchev–Trinajstić information content (AvgIpc) is 2.44. The molecule has 0 radical (unpaired) electrons. The van der Waals surface area contributed by atoms with E-state index in [-0.39, 0.29) is 5.92 Å². The summed E-state index contributed by atoms with van der Waals surface area (Å²) in [6.07, 6.45) is 5.97. The highest BCUT2D eigenvalue weighted by atomic mass is 15.2. The number of nitrogens with zero attached hydrogens (tertiary/aromatic N) is 2. The van der Waals surface area contributed by atoms with Crippen LogP contribution in [0.5, 0.6) is 0 Å². The molecule has 0 amide bonds. The Morgan fingerprint density at radius 2 is 1.89 bits per heavy atom. The molecule has 2 heteroatoms. The van der Waals surface area contributed by atoms with Crippen molar-refractivity contribution in [2.45, 2.75) is 72.8 Å². The van der Waals surface area contributed by atoms with E-state index in [1.807, 2.05) is 0 Å². The fourth-order valence-corrected chi connectivity index (χ4v) is 3.54. The second-order valence-corrected chi connectivity index (χ2v) is 6.78. The molecule has 0 aromatic carbocycles. The van der Waals surface area contributed by atoms with Gasteiger partial charge in [0.1, 0.15) is 0 Å². The highest BCUT2D eigenvalue weighted by Gasteiger charge is 2.39. The number of rotatable bonds is 6. The van der Waals surface area contributed by atoms with Crippen LogP contribution in [0, 0.1) is 28.6 Å². The van der Waals surface area contributed by atoms with Crippen LogP contribution in [0.4, 0.5) is 0 Å². The van der Waals surface area contributed by atoms with Gasteiger partial charge in [0.2, 0.25) is 0 Å². The number of nitriles is 1. The molecule has 0 aromatic rings. The summed E-state index contributed by atoms with van der Waals surface area (Å²) in [5, 5.41) is 9.44. The fraction of sp³-hybridized carbons (Fsp3) is 0.941. The van der Waals surface area contributed by atoms with E-state index in [4.69, 9.17) is 0 Å². The minimum Gasteiger partial charge on any atom is -0.299 e. The smallest absolute Gasteiger partial charge is 0.0672 e. The minimum absolute atomic E-state index is 0.246. The van der Waals surface area contributed by atoms with Crippen LogP contribution in [0.3, 0.4) is 0 Å². The molecule has 19 heavy (non-hydrogen) atoms. The summed E-state index contributed by atoms with van der Waals surface area (Å²) in [7, 11) is 0. The maximum absolute atomic E-state index is 9.44. The van der Waals surface area contributed by atoms with Gasteiger partial charge in [0, 0.05) is 6.04 Å². The number of hydrogen-bond acceptors (Lipinski definition) is 2. The summed E-state index contributed by atoms with van der Waals surface area (Å²) in [5.41, 5.74) is 0.421. The van der Waals surface area contributed by atoms with Gasteiger partial charge in [0.25, 0.3) is 0 Å². The molecular weight excluding hydrogens is 232 g/mol. The van der Waals surface area contributed by atoms with Gasteiger partial charge in [-0.1, -0.05) is 41.0 Å². The van der Waals surface area contributed by atoms with Gasteiger partial charge >= 0.3 is 0 Å². The van der Waals surface area contributed by atoms with Gasteiger partial charge in [-0.2, -0.15) is 5.26 Å². The summed E-state index contributed by atoms with van der Waals surface area (Å²) in [6, 6.07) is 3.06. The van der Waals surface area contributed by atoms with Crippen molar-refractivity contribution < 1.29 is 0 Å². The first kappa shape index (κ1) is 16.5. The van der Waals surface area contributed by atoms with Crippen molar-refractivity contribution in [3.8, 4) is 6.07 Å². The van der Waals surface area contributed by atoms with Crippen LogP contribution >= 0.6 is 0 Å². The molecule has 0 aromatic heterocycles. The van der Waals surface area contributed by atoms with E-state index in [2.05, 4.69) is 45.6 Å². The van der Waals surface area contributed by atoms with Gasteiger partial charge in [-0.05, 0) is 50.1 Å². The zero-order chi connectivity index (χ0) is 14.5. The van der Waals surface area contributed by atoms with Crippen LogP contribution in [0.1, 0.15) is 66.7 Å². The van der Waals surface area contributed by atoms with Crippen molar-refractivity contribution in [3.05, 3.63) is 0 Å². The third kappa shape index (κ3) is 3.96. The van der Waals surface area contributed by atoms with Gasteiger partial charge in [0.15, 0.2) is 0 Å². The molecule has 0 N–H and O–H groups in total. The van der Waals surface area contributed by atoms with Crippen molar-refractivity contribution in [1.29, 1.82) is 5.26 Å². The van der Waals surface area contributed by atoms with E-state index < -0.39 is 0 Å². The van der Waals surface area contributed by atoms with Gasteiger partial charge in [-0.3, -0.25) is 4.90 Å². The lowest BCUT2D eigenvalue weighted by Crippen LogP contribution is -2.46. The average molecular weight is 264 g/mol. The Kier molecular flexibility index (Phi) is 6.33. The Balaban J connectivity index is 2.82. The van der Waals surface area contributed by atoms with Gasteiger partial charge < -0.3 is 0 Å². The highest BCUT2D eigenvalue weighted by Crippen LogP contribution is 2.43. The van der Waals surface area contributed by atoms with Crippen molar-refractivity contribution in [3.63, 3.8) is 0 Å². The van der Waals surface area contributed by atoms with Gasteiger partial charge in [0.05, 0.1) is 12.0 Å². The first-order valence-electron chi connectivity index (χ1n) is 8.13. The van der Waals surface area contributed by atoms with Crippen LogP contribution < -0.4 is 0 Å². The summed E-state index contributed by atoms with van der Waals surface area (Å²) >= 11 is 0. The van der Waals surface area contributed by atoms with Gasteiger partial charge in [-0.15, -0.1) is 0 Å². The van der Waals surface area contributed by atoms with Crippen molar-refractivity contribution in [1.82, 2.24) is 4.90 Å². The number of hydrogen-bond donors (Lipinski definition) is 0. The Bertz CT molecular complexity index is 303. The molecule has 1 fully saturated rings. The monoisotopic (exact) mass is 264 g/mol. The third-order valence-corrected chi connectivity index (χ3v) is 5.38. The zero-order valence-corrected chi connectivity index (χ0v) is 13.6. The molecule has 110 valence electrons. The molecule has 1 rings (SSSR count). The SMILES string of the molecule is CCCN(CC)C1CC(C(C)(C)CC)CCC1C#N. The van der Waals surface area contributed by atoms with Crippen molar-refractivity contribution in [2.75, 3.05) is 13.1 Å². The summed E-state index contributed by atoms with van der Waals surface area (Å²) in [5.74, 6) is 1.02. The van der Waals surface area contributed by atoms with Crippen LogP contribution in [0.25, 0.3) is 0 Å².